The molecule has 0 aromatic carbocycles. The zero-order valence-corrected chi connectivity index (χ0v) is 9.30. The van der Waals surface area contributed by atoms with E-state index in [-0.39, 0.29) is 6.04 Å². The maximum Gasteiger partial charge on any atom is 0.153 e. The summed E-state index contributed by atoms with van der Waals surface area (Å²) in [5, 5.41) is 0. The Morgan fingerprint density at radius 3 is 2.81 bits per heavy atom. The number of rotatable bonds is 2. The van der Waals surface area contributed by atoms with Gasteiger partial charge < -0.3 is 0 Å². The van der Waals surface area contributed by atoms with Crippen molar-refractivity contribution in [2.24, 2.45) is 5.92 Å². The minimum absolute atomic E-state index is 0.122. The first kappa shape index (κ1) is 9.97. The number of carbonyl (C=O) groups is 1. The van der Waals surface area contributed by atoms with Crippen LogP contribution in [0.2, 0.25) is 0 Å². The molecular weight excluding hydrogens is 200 g/mol. The zero-order chi connectivity index (χ0) is 11.0. The highest BCUT2D eigenvalue weighted by Gasteiger charge is 2.40. The van der Waals surface area contributed by atoms with Crippen LogP contribution in [0.1, 0.15) is 18.4 Å². The van der Waals surface area contributed by atoms with Crippen molar-refractivity contribution in [2.75, 3.05) is 13.1 Å². The van der Waals surface area contributed by atoms with E-state index in [9.17, 15) is 4.79 Å². The summed E-state index contributed by atoms with van der Waals surface area (Å²) in [6, 6.07) is 4.12. The first-order valence-corrected chi connectivity index (χ1v) is 6.01. The van der Waals surface area contributed by atoms with Gasteiger partial charge in [-0.1, -0.05) is 6.07 Å². The van der Waals surface area contributed by atoms with Crippen LogP contribution in [0.5, 0.6) is 0 Å². The summed E-state index contributed by atoms with van der Waals surface area (Å²) >= 11 is 0. The van der Waals surface area contributed by atoms with E-state index >= 15 is 0 Å². The van der Waals surface area contributed by atoms with E-state index < -0.39 is 0 Å². The van der Waals surface area contributed by atoms with Crippen molar-refractivity contribution in [2.45, 2.75) is 25.3 Å². The average Bonchev–Trinajstić information content (AvgIpc) is 2.36. The molecular formula is C13H16N2O. The van der Waals surface area contributed by atoms with E-state index in [0.717, 1.165) is 32.4 Å². The van der Waals surface area contributed by atoms with Crippen LogP contribution in [-0.2, 0) is 11.2 Å². The normalized spacial score (nSPS) is 33.0. The van der Waals surface area contributed by atoms with Gasteiger partial charge in [-0.25, -0.2) is 0 Å². The lowest BCUT2D eigenvalue weighted by molar-refractivity contribution is -0.136. The number of fused-ring (bicyclic) bond motifs is 3. The molecule has 3 saturated heterocycles. The third kappa shape index (κ3) is 1.65. The summed E-state index contributed by atoms with van der Waals surface area (Å²) in [5.41, 5.74) is 1.17. The van der Waals surface area contributed by atoms with Crippen LogP contribution in [0, 0.1) is 5.92 Å². The highest BCUT2D eigenvalue weighted by molar-refractivity contribution is 5.88. The number of hydrogen-bond acceptors (Lipinski definition) is 3. The first-order chi connectivity index (χ1) is 7.84. The molecule has 0 radical (unpaired) electrons. The SMILES string of the molecule is O=C1C2CCN(CC2)[C@@H]1Cc1cccnc1. The smallest absolute Gasteiger partial charge is 0.153 e. The molecule has 3 aliphatic heterocycles. The van der Waals surface area contributed by atoms with Crippen LogP contribution in [0.25, 0.3) is 0 Å². The lowest BCUT2D eigenvalue weighted by atomic mass is 9.80. The molecule has 1 aromatic rings. The standard InChI is InChI=1S/C13H16N2O/c16-13-11-3-6-15(7-4-11)12(13)8-10-2-1-5-14-9-10/h1-2,5,9,11-12H,3-4,6-8H2/t12-/m1/s1. The molecule has 3 nitrogen and oxygen atoms in total. The lowest BCUT2D eigenvalue weighted by Gasteiger charge is -2.44. The second-order valence-corrected chi connectivity index (χ2v) is 4.79. The molecule has 3 heteroatoms. The molecule has 0 spiro atoms. The molecule has 3 aliphatic rings. The molecule has 16 heavy (non-hydrogen) atoms. The van der Waals surface area contributed by atoms with Crippen molar-refractivity contribution in [3.8, 4) is 0 Å². The maximum atomic E-state index is 12.1. The molecule has 4 heterocycles. The maximum absolute atomic E-state index is 12.1. The van der Waals surface area contributed by atoms with E-state index in [1.807, 2.05) is 12.3 Å². The van der Waals surface area contributed by atoms with E-state index in [1.165, 1.54) is 5.56 Å². The summed E-state index contributed by atoms with van der Waals surface area (Å²) in [7, 11) is 0. The Morgan fingerprint density at radius 2 is 2.19 bits per heavy atom. The van der Waals surface area contributed by atoms with Crippen molar-refractivity contribution in [3.63, 3.8) is 0 Å². The fourth-order valence-corrected chi connectivity index (χ4v) is 2.92. The monoisotopic (exact) mass is 216 g/mol. The van der Waals surface area contributed by atoms with Gasteiger partial charge in [0.05, 0.1) is 6.04 Å². The molecule has 3 fully saturated rings. The van der Waals surface area contributed by atoms with E-state index in [4.69, 9.17) is 0 Å². The minimum atomic E-state index is 0.122. The topological polar surface area (TPSA) is 33.2 Å². The third-order valence-electron chi connectivity index (χ3n) is 3.85. The summed E-state index contributed by atoms with van der Waals surface area (Å²) < 4.78 is 0. The molecule has 84 valence electrons. The largest absolute Gasteiger partial charge is 0.298 e. The van der Waals surface area contributed by atoms with Crippen LogP contribution >= 0.6 is 0 Å². The highest BCUT2D eigenvalue weighted by Crippen LogP contribution is 2.30. The number of pyridine rings is 1. The van der Waals surface area contributed by atoms with Crippen molar-refractivity contribution in [1.29, 1.82) is 0 Å². The minimum Gasteiger partial charge on any atom is -0.298 e. The fraction of sp³-hybridized carbons (Fsp3) is 0.538. The van der Waals surface area contributed by atoms with Gasteiger partial charge in [0.1, 0.15) is 0 Å². The van der Waals surface area contributed by atoms with Crippen molar-refractivity contribution in [1.82, 2.24) is 9.88 Å². The van der Waals surface area contributed by atoms with Gasteiger partial charge in [-0.2, -0.15) is 0 Å². The first-order valence-electron chi connectivity index (χ1n) is 6.01. The van der Waals surface area contributed by atoms with E-state index in [1.54, 1.807) is 6.20 Å². The van der Waals surface area contributed by atoms with Gasteiger partial charge in [0.25, 0.3) is 0 Å². The number of nitrogens with zero attached hydrogens (tertiary/aromatic N) is 2. The zero-order valence-electron chi connectivity index (χ0n) is 9.30. The molecule has 0 amide bonds. The van der Waals surface area contributed by atoms with Gasteiger partial charge in [0.2, 0.25) is 0 Å². The molecule has 0 saturated carbocycles. The summed E-state index contributed by atoms with van der Waals surface area (Å²) in [6.45, 7) is 2.20. The molecule has 1 atom stereocenters. The van der Waals surface area contributed by atoms with Crippen LogP contribution in [0.15, 0.2) is 24.5 Å². The summed E-state index contributed by atoms with van der Waals surface area (Å²) in [5.74, 6) is 0.799. The van der Waals surface area contributed by atoms with Gasteiger partial charge in [-0.05, 0) is 44.0 Å². The predicted octanol–water partition coefficient (Wildman–Crippen LogP) is 1.29. The van der Waals surface area contributed by atoms with Crippen LogP contribution < -0.4 is 0 Å². The Bertz CT molecular complexity index is 382. The summed E-state index contributed by atoms with van der Waals surface area (Å²) in [6.07, 6.45) is 6.63. The van der Waals surface area contributed by atoms with Gasteiger partial charge >= 0.3 is 0 Å². The third-order valence-corrected chi connectivity index (χ3v) is 3.85. The van der Waals surface area contributed by atoms with Gasteiger partial charge in [-0.15, -0.1) is 0 Å². The van der Waals surface area contributed by atoms with E-state index in [0.29, 0.717) is 11.7 Å². The second-order valence-electron chi connectivity index (χ2n) is 4.79. The Labute approximate surface area is 95.5 Å². The molecule has 2 bridgehead atoms. The average molecular weight is 216 g/mol. The van der Waals surface area contributed by atoms with Gasteiger partial charge in [-0.3, -0.25) is 14.7 Å². The Hall–Kier alpha value is -1.22. The Balaban J connectivity index is 1.78. The van der Waals surface area contributed by atoms with Crippen LogP contribution in [0.3, 0.4) is 0 Å². The van der Waals surface area contributed by atoms with Crippen molar-refractivity contribution < 1.29 is 4.79 Å². The van der Waals surface area contributed by atoms with Crippen LogP contribution in [-0.4, -0.2) is 34.8 Å². The number of ketones is 1. The highest BCUT2D eigenvalue weighted by atomic mass is 16.1. The molecule has 4 rings (SSSR count). The number of carbonyl (C=O) groups excluding carboxylic acids is 1. The molecule has 1 aromatic heterocycles. The number of hydrogen-bond donors (Lipinski definition) is 0. The Morgan fingerprint density at radius 1 is 1.38 bits per heavy atom. The molecule has 0 N–H and O–H groups in total. The van der Waals surface area contributed by atoms with Gasteiger partial charge in [0, 0.05) is 18.3 Å². The predicted molar refractivity (Wildman–Crippen MR) is 61.0 cm³/mol. The summed E-state index contributed by atoms with van der Waals surface area (Å²) in [4.78, 5) is 18.6. The number of piperidine rings is 3. The Kier molecular flexibility index (Phi) is 2.48. The van der Waals surface area contributed by atoms with Crippen molar-refractivity contribution >= 4 is 5.78 Å². The van der Waals surface area contributed by atoms with Crippen LogP contribution in [0.4, 0.5) is 0 Å². The lowest BCUT2D eigenvalue weighted by Crippen LogP contribution is -2.56. The van der Waals surface area contributed by atoms with Gasteiger partial charge in [0.15, 0.2) is 5.78 Å². The quantitative estimate of drug-likeness (QED) is 0.747. The number of aromatic nitrogens is 1. The molecule has 0 unspecified atom stereocenters. The molecule has 0 aliphatic carbocycles. The fourth-order valence-electron chi connectivity index (χ4n) is 2.92. The van der Waals surface area contributed by atoms with E-state index in [2.05, 4.69) is 16.0 Å². The van der Waals surface area contributed by atoms with Crippen molar-refractivity contribution in [3.05, 3.63) is 30.1 Å². The number of Topliss-reactive ketones (excluding diaryl/α,β-unsaturated/α-hetero) is 1. The second kappa shape index (κ2) is 3.98.